The van der Waals surface area contributed by atoms with Crippen LogP contribution in [-0.4, -0.2) is 17.9 Å². The zero-order chi connectivity index (χ0) is 17.7. The number of nitrogens with zero attached hydrogens (tertiary/aromatic N) is 1. The summed E-state index contributed by atoms with van der Waals surface area (Å²) in [5.41, 5.74) is 0.603. The number of carbonyl (C=O) groups excluding carboxylic acids is 1. The fourth-order valence-electron chi connectivity index (χ4n) is 2.46. The van der Waals surface area contributed by atoms with Crippen molar-refractivity contribution in [2.75, 3.05) is 7.11 Å². The Kier molecular flexibility index (Phi) is 5.18. The molecular weight excluding hydrogens is 308 g/mol. The molecule has 1 N–H and O–H groups in total. The fourth-order valence-corrected chi connectivity index (χ4v) is 2.46. The van der Waals surface area contributed by atoms with Crippen LogP contribution in [0.5, 0.6) is 5.75 Å². The maximum absolute atomic E-state index is 12.6. The van der Waals surface area contributed by atoms with Gasteiger partial charge >= 0.3 is 5.69 Å². The van der Waals surface area contributed by atoms with Gasteiger partial charge in [-0.05, 0) is 25.0 Å². The first-order valence-corrected chi connectivity index (χ1v) is 7.61. The Bertz CT molecular complexity index is 746. The molecule has 2 rings (SSSR count). The summed E-state index contributed by atoms with van der Waals surface area (Å²) >= 11 is 0. The summed E-state index contributed by atoms with van der Waals surface area (Å²) in [6.07, 6.45) is 0.701. The first-order valence-electron chi connectivity index (χ1n) is 7.61. The van der Waals surface area contributed by atoms with Gasteiger partial charge in [0.05, 0.1) is 17.6 Å². The van der Waals surface area contributed by atoms with Crippen LogP contribution in [0.2, 0.25) is 0 Å². The van der Waals surface area contributed by atoms with Crippen molar-refractivity contribution in [3.63, 3.8) is 0 Å². The third-order valence-electron chi connectivity index (χ3n) is 4.15. The lowest BCUT2D eigenvalue weighted by atomic mass is 9.89. The SMILES string of the molecule is CCC(C)(NC(=O)c1ccc([N+](=O)[O-])c(OC)c1)c1ccccc1. The molecule has 0 heterocycles. The molecule has 0 spiro atoms. The average Bonchev–Trinajstić information content (AvgIpc) is 2.61. The van der Waals surface area contributed by atoms with Crippen molar-refractivity contribution in [1.29, 1.82) is 0 Å². The molecule has 0 saturated carbocycles. The van der Waals surface area contributed by atoms with Crippen molar-refractivity contribution >= 4 is 11.6 Å². The third-order valence-corrected chi connectivity index (χ3v) is 4.15. The Balaban J connectivity index is 2.30. The van der Waals surface area contributed by atoms with Gasteiger partial charge in [0.25, 0.3) is 5.91 Å². The van der Waals surface area contributed by atoms with Crippen LogP contribution in [0.4, 0.5) is 5.69 Å². The second-order valence-electron chi connectivity index (χ2n) is 5.65. The molecule has 0 saturated heterocycles. The lowest BCUT2D eigenvalue weighted by Crippen LogP contribution is -2.43. The third kappa shape index (κ3) is 3.53. The van der Waals surface area contributed by atoms with Crippen molar-refractivity contribution < 1.29 is 14.5 Å². The summed E-state index contributed by atoms with van der Waals surface area (Å²) in [7, 11) is 1.34. The minimum absolute atomic E-state index is 0.0607. The number of hydrogen-bond acceptors (Lipinski definition) is 4. The number of amides is 1. The van der Waals surface area contributed by atoms with Crippen molar-refractivity contribution in [1.82, 2.24) is 5.32 Å². The number of rotatable bonds is 6. The van der Waals surface area contributed by atoms with Crippen LogP contribution < -0.4 is 10.1 Å². The molecule has 24 heavy (non-hydrogen) atoms. The summed E-state index contributed by atoms with van der Waals surface area (Å²) in [4.78, 5) is 23.0. The van der Waals surface area contributed by atoms with Gasteiger partial charge in [0.1, 0.15) is 0 Å². The molecule has 0 aromatic heterocycles. The smallest absolute Gasteiger partial charge is 0.310 e. The van der Waals surface area contributed by atoms with Crippen LogP contribution in [0.15, 0.2) is 48.5 Å². The number of hydrogen-bond donors (Lipinski definition) is 1. The van der Waals surface area contributed by atoms with E-state index in [2.05, 4.69) is 5.32 Å². The predicted molar refractivity (Wildman–Crippen MR) is 91.2 cm³/mol. The molecule has 6 nitrogen and oxygen atoms in total. The van der Waals surface area contributed by atoms with Crippen molar-refractivity contribution in [3.05, 3.63) is 69.8 Å². The fraction of sp³-hybridized carbons (Fsp3) is 0.278. The number of carbonyl (C=O) groups is 1. The monoisotopic (exact) mass is 328 g/mol. The van der Waals surface area contributed by atoms with Crippen LogP contribution in [0.1, 0.15) is 36.2 Å². The predicted octanol–water partition coefficient (Wildman–Crippen LogP) is 3.66. The van der Waals surface area contributed by atoms with Gasteiger partial charge in [-0.25, -0.2) is 0 Å². The van der Waals surface area contributed by atoms with Crippen LogP contribution >= 0.6 is 0 Å². The second-order valence-corrected chi connectivity index (χ2v) is 5.65. The molecule has 1 unspecified atom stereocenters. The van der Waals surface area contributed by atoms with E-state index in [1.54, 1.807) is 0 Å². The largest absolute Gasteiger partial charge is 0.490 e. The summed E-state index contributed by atoms with van der Waals surface area (Å²) < 4.78 is 5.02. The molecule has 1 atom stereocenters. The van der Waals surface area contributed by atoms with Crippen molar-refractivity contribution in [2.24, 2.45) is 0 Å². The normalized spacial score (nSPS) is 13.0. The molecule has 2 aromatic carbocycles. The van der Waals surface area contributed by atoms with E-state index in [1.165, 1.54) is 25.3 Å². The van der Waals surface area contributed by atoms with Gasteiger partial charge in [-0.2, -0.15) is 0 Å². The van der Waals surface area contributed by atoms with E-state index in [4.69, 9.17) is 4.74 Å². The van der Waals surface area contributed by atoms with E-state index in [0.29, 0.717) is 12.0 Å². The number of nitro groups is 1. The zero-order valence-corrected chi connectivity index (χ0v) is 13.9. The first-order chi connectivity index (χ1) is 11.4. The topological polar surface area (TPSA) is 81.5 Å². The van der Waals surface area contributed by atoms with Crippen LogP contribution in [0.25, 0.3) is 0 Å². The van der Waals surface area contributed by atoms with Gasteiger partial charge in [-0.1, -0.05) is 37.3 Å². The van der Waals surface area contributed by atoms with Crippen molar-refractivity contribution in [2.45, 2.75) is 25.8 Å². The minimum atomic E-state index is -0.541. The maximum atomic E-state index is 12.6. The van der Waals surface area contributed by atoms with Gasteiger partial charge in [-0.15, -0.1) is 0 Å². The van der Waals surface area contributed by atoms with E-state index < -0.39 is 10.5 Å². The molecule has 0 radical (unpaired) electrons. The zero-order valence-electron chi connectivity index (χ0n) is 13.9. The Morgan fingerprint density at radius 3 is 2.46 bits per heavy atom. The summed E-state index contributed by atoms with van der Waals surface area (Å²) in [5.74, 6) is -0.248. The van der Waals surface area contributed by atoms with Gasteiger partial charge < -0.3 is 10.1 Å². The van der Waals surface area contributed by atoms with Crippen LogP contribution in [0.3, 0.4) is 0 Å². The quantitative estimate of drug-likeness (QED) is 0.648. The number of ether oxygens (including phenoxy) is 1. The number of benzene rings is 2. The molecule has 0 aliphatic heterocycles. The first kappa shape index (κ1) is 17.5. The maximum Gasteiger partial charge on any atom is 0.310 e. The van der Waals surface area contributed by atoms with Crippen LogP contribution in [-0.2, 0) is 5.54 Å². The summed E-state index contributed by atoms with van der Waals surface area (Å²) in [6, 6.07) is 13.8. The Morgan fingerprint density at radius 2 is 1.92 bits per heavy atom. The lowest BCUT2D eigenvalue weighted by molar-refractivity contribution is -0.385. The lowest BCUT2D eigenvalue weighted by Gasteiger charge is -2.30. The summed E-state index contributed by atoms with van der Waals surface area (Å²) in [5, 5.41) is 14.0. The highest BCUT2D eigenvalue weighted by Gasteiger charge is 2.27. The molecule has 0 fully saturated rings. The highest BCUT2D eigenvalue weighted by molar-refractivity contribution is 5.95. The molecular formula is C18H20N2O4. The Labute approximate surface area is 140 Å². The highest BCUT2D eigenvalue weighted by atomic mass is 16.6. The molecule has 1 amide bonds. The average molecular weight is 328 g/mol. The molecule has 0 bridgehead atoms. The van der Waals surface area contributed by atoms with E-state index in [-0.39, 0.29) is 17.3 Å². The molecule has 6 heteroatoms. The van der Waals surface area contributed by atoms with Crippen LogP contribution in [0, 0.1) is 10.1 Å². The minimum Gasteiger partial charge on any atom is -0.490 e. The molecule has 0 aliphatic carbocycles. The van der Waals surface area contributed by atoms with Crippen molar-refractivity contribution in [3.8, 4) is 5.75 Å². The van der Waals surface area contributed by atoms with Gasteiger partial charge in [0, 0.05) is 17.7 Å². The number of methoxy groups -OCH3 is 1. The molecule has 0 aliphatic rings. The molecule has 126 valence electrons. The van der Waals surface area contributed by atoms with E-state index in [9.17, 15) is 14.9 Å². The van der Waals surface area contributed by atoms with E-state index in [1.807, 2.05) is 44.2 Å². The summed E-state index contributed by atoms with van der Waals surface area (Å²) in [6.45, 7) is 3.94. The van der Waals surface area contributed by atoms with E-state index >= 15 is 0 Å². The van der Waals surface area contributed by atoms with Gasteiger partial charge in [0.15, 0.2) is 5.75 Å². The second kappa shape index (κ2) is 7.12. The highest BCUT2D eigenvalue weighted by Crippen LogP contribution is 2.29. The number of nitrogens with one attached hydrogen (secondary N) is 1. The standard InChI is InChI=1S/C18H20N2O4/c1-4-18(2,14-8-6-5-7-9-14)19-17(21)13-10-11-15(20(22)23)16(12-13)24-3/h5-12H,4H2,1-3H3,(H,19,21). The van der Waals surface area contributed by atoms with Gasteiger partial charge in [-0.3, -0.25) is 14.9 Å². The molecule has 2 aromatic rings. The van der Waals surface area contributed by atoms with E-state index in [0.717, 1.165) is 5.56 Å². The Morgan fingerprint density at radius 1 is 1.25 bits per heavy atom. The van der Waals surface area contributed by atoms with Gasteiger partial charge in [0.2, 0.25) is 0 Å². The number of nitro benzene ring substituents is 1. The Hall–Kier alpha value is -2.89.